The molecular weight excluding hydrogens is 319 g/mol. The van der Waals surface area contributed by atoms with E-state index < -0.39 is 5.97 Å². The Morgan fingerprint density at radius 3 is 2.83 bits per heavy atom. The van der Waals surface area contributed by atoms with Crippen LogP contribution in [-0.2, 0) is 11.3 Å². The molecule has 4 nitrogen and oxygen atoms in total. The highest BCUT2D eigenvalue weighted by Gasteiger charge is 2.22. The van der Waals surface area contributed by atoms with Crippen molar-refractivity contribution in [2.45, 2.75) is 38.8 Å². The topological polar surface area (TPSA) is 43.8 Å². The number of hydrogen-bond acceptors (Lipinski definition) is 3. The normalized spacial score (nSPS) is 19.8. The zero-order valence-electron chi connectivity index (χ0n) is 13.7. The molecule has 128 valence electrons. The molecule has 0 radical (unpaired) electrons. The standard InChI is InChI=1S/C17H24ClFN2O2/c1-12-8-15(18)14(16(19)9-12)10-21-6-3-4-13(5-7-21)20(2)11-17(22)23/h8-9,13H,3-7,10-11H2,1-2H3,(H,22,23). The third-order valence-corrected chi connectivity index (χ3v) is 4.80. The molecule has 1 aromatic carbocycles. The molecule has 1 aromatic rings. The van der Waals surface area contributed by atoms with Crippen molar-refractivity contribution in [3.8, 4) is 0 Å². The molecule has 23 heavy (non-hydrogen) atoms. The molecule has 1 fully saturated rings. The number of likely N-dealkylation sites (tertiary alicyclic amines) is 1. The van der Waals surface area contributed by atoms with Gasteiger partial charge in [0.25, 0.3) is 0 Å². The molecule has 1 unspecified atom stereocenters. The predicted octanol–water partition coefficient (Wildman–Crippen LogP) is 3.16. The van der Waals surface area contributed by atoms with Gasteiger partial charge in [-0.3, -0.25) is 14.6 Å². The lowest BCUT2D eigenvalue weighted by Crippen LogP contribution is -2.36. The smallest absolute Gasteiger partial charge is 0.317 e. The lowest BCUT2D eigenvalue weighted by molar-refractivity contribution is -0.138. The summed E-state index contributed by atoms with van der Waals surface area (Å²) >= 11 is 6.19. The van der Waals surface area contributed by atoms with Gasteiger partial charge in [-0.1, -0.05) is 11.6 Å². The van der Waals surface area contributed by atoms with E-state index in [1.54, 1.807) is 6.07 Å². The van der Waals surface area contributed by atoms with Crippen LogP contribution >= 0.6 is 11.6 Å². The number of aliphatic carboxylic acids is 1. The van der Waals surface area contributed by atoms with Crippen LogP contribution in [0.5, 0.6) is 0 Å². The van der Waals surface area contributed by atoms with E-state index in [0.717, 1.165) is 37.9 Å². The van der Waals surface area contributed by atoms with E-state index >= 15 is 0 Å². The second kappa shape index (κ2) is 8.08. The van der Waals surface area contributed by atoms with Crippen LogP contribution in [0.2, 0.25) is 5.02 Å². The van der Waals surface area contributed by atoms with Gasteiger partial charge in [0.2, 0.25) is 0 Å². The molecule has 1 heterocycles. The van der Waals surface area contributed by atoms with Crippen molar-refractivity contribution >= 4 is 17.6 Å². The van der Waals surface area contributed by atoms with Gasteiger partial charge in [0.15, 0.2) is 0 Å². The van der Waals surface area contributed by atoms with E-state index in [4.69, 9.17) is 16.7 Å². The molecule has 1 N–H and O–H groups in total. The van der Waals surface area contributed by atoms with Gasteiger partial charge in [-0.15, -0.1) is 0 Å². The number of hydrogen-bond donors (Lipinski definition) is 1. The Kier molecular flexibility index (Phi) is 6.39. The third-order valence-electron chi connectivity index (χ3n) is 4.47. The Balaban J connectivity index is 1.97. The van der Waals surface area contributed by atoms with Gasteiger partial charge >= 0.3 is 5.97 Å². The Morgan fingerprint density at radius 2 is 2.17 bits per heavy atom. The maximum atomic E-state index is 14.1. The van der Waals surface area contributed by atoms with Gasteiger partial charge in [0.05, 0.1) is 6.54 Å². The van der Waals surface area contributed by atoms with Crippen LogP contribution in [-0.4, -0.2) is 53.6 Å². The van der Waals surface area contributed by atoms with Crippen LogP contribution in [0.1, 0.15) is 30.4 Å². The SMILES string of the molecule is Cc1cc(F)c(CN2CCCC(N(C)CC(=O)O)CC2)c(Cl)c1. The summed E-state index contributed by atoms with van der Waals surface area (Å²) in [5.41, 5.74) is 1.37. The van der Waals surface area contributed by atoms with E-state index in [2.05, 4.69) is 4.90 Å². The van der Waals surface area contributed by atoms with Gasteiger partial charge in [-0.2, -0.15) is 0 Å². The molecular formula is C17H24ClFN2O2. The summed E-state index contributed by atoms with van der Waals surface area (Å²) in [5.74, 6) is -1.05. The first-order valence-corrected chi connectivity index (χ1v) is 8.33. The maximum absolute atomic E-state index is 14.1. The number of nitrogens with zero attached hydrogens (tertiary/aromatic N) is 2. The molecule has 0 amide bonds. The molecule has 6 heteroatoms. The van der Waals surface area contributed by atoms with Crippen LogP contribution in [0.25, 0.3) is 0 Å². The first-order chi connectivity index (χ1) is 10.9. The Bertz CT molecular complexity index is 545. The fraction of sp³-hybridized carbons (Fsp3) is 0.588. The number of carboxylic acid groups (broad SMARTS) is 1. The summed E-state index contributed by atoms with van der Waals surface area (Å²) in [6.07, 6.45) is 2.82. The van der Waals surface area contributed by atoms with E-state index in [1.165, 1.54) is 6.07 Å². The molecule has 0 saturated carbocycles. The van der Waals surface area contributed by atoms with Crippen molar-refractivity contribution in [2.75, 3.05) is 26.7 Å². The zero-order valence-corrected chi connectivity index (χ0v) is 14.4. The molecule has 0 aromatic heterocycles. The Morgan fingerprint density at radius 1 is 1.43 bits per heavy atom. The number of likely N-dealkylation sites (N-methyl/N-ethyl adjacent to an activating group) is 1. The highest BCUT2D eigenvalue weighted by molar-refractivity contribution is 6.31. The summed E-state index contributed by atoms with van der Waals surface area (Å²) < 4.78 is 14.1. The summed E-state index contributed by atoms with van der Waals surface area (Å²) in [7, 11) is 1.85. The highest BCUT2D eigenvalue weighted by atomic mass is 35.5. The number of aryl methyl sites for hydroxylation is 1. The molecule has 1 saturated heterocycles. The summed E-state index contributed by atoms with van der Waals surface area (Å²) in [6.45, 7) is 4.08. The van der Waals surface area contributed by atoms with Crippen LogP contribution in [0.15, 0.2) is 12.1 Å². The van der Waals surface area contributed by atoms with Crippen LogP contribution < -0.4 is 0 Å². The van der Waals surface area contributed by atoms with E-state index in [0.29, 0.717) is 17.1 Å². The van der Waals surface area contributed by atoms with Crippen LogP contribution in [0.4, 0.5) is 4.39 Å². The maximum Gasteiger partial charge on any atom is 0.317 e. The molecule has 1 aliphatic heterocycles. The molecule has 0 bridgehead atoms. The quantitative estimate of drug-likeness (QED) is 0.892. The Labute approximate surface area is 141 Å². The number of carbonyl (C=O) groups is 1. The molecule has 0 aliphatic carbocycles. The number of rotatable bonds is 5. The van der Waals surface area contributed by atoms with E-state index in [9.17, 15) is 9.18 Å². The van der Waals surface area contributed by atoms with Gasteiger partial charge < -0.3 is 5.11 Å². The summed E-state index contributed by atoms with van der Waals surface area (Å²) in [6, 6.07) is 3.57. The van der Waals surface area contributed by atoms with Gasteiger partial charge in [0.1, 0.15) is 5.82 Å². The van der Waals surface area contributed by atoms with Crippen molar-refractivity contribution < 1.29 is 14.3 Å². The minimum atomic E-state index is -0.804. The van der Waals surface area contributed by atoms with Crippen LogP contribution in [0.3, 0.4) is 0 Å². The van der Waals surface area contributed by atoms with Crippen molar-refractivity contribution in [3.63, 3.8) is 0 Å². The van der Waals surface area contributed by atoms with Crippen LogP contribution in [0, 0.1) is 12.7 Å². The van der Waals surface area contributed by atoms with E-state index in [-0.39, 0.29) is 18.4 Å². The van der Waals surface area contributed by atoms with Gasteiger partial charge in [0, 0.05) is 23.2 Å². The molecule has 1 aliphatic rings. The second-order valence-corrected chi connectivity index (χ2v) is 6.78. The first-order valence-electron chi connectivity index (χ1n) is 7.95. The second-order valence-electron chi connectivity index (χ2n) is 6.38. The number of benzene rings is 1. The fourth-order valence-electron chi connectivity index (χ4n) is 3.18. The van der Waals surface area contributed by atoms with Crippen molar-refractivity contribution in [1.82, 2.24) is 9.80 Å². The molecule has 2 rings (SSSR count). The minimum Gasteiger partial charge on any atom is -0.480 e. The zero-order chi connectivity index (χ0) is 17.0. The predicted molar refractivity (Wildman–Crippen MR) is 89.3 cm³/mol. The lowest BCUT2D eigenvalue weighted by Gasteiger charge is -2.25. The average molecular weight is 343 g/mol. The molecule has 1 atom stereocenters. The van der Waals surface area contributed by atoms with E-state index in [1.807, 2.05) is 18.9 Å². The average Bonchev–Trinajstić information content (AvgIpc) is 2.67. The van der Waals surface area contributed by atoms with Gasteiger partial charge in [-0.25, -0.2) is 4.39 Å². The highest BCUT2D eigenvalue weighted by Crippen LogP contribution is 2.25. The van der Waals surface area contributed by atoms with Crippen molar-refractivity contribution in [2.24, 2.45) is 0 Å². The lowest BCUT2D eigenvalue weighted by atomic mass is 10.1. The number of halogens is 2. The number of carboxylic acids is 1. The summed E-state index contributed by atoms with van der Waals surface area (Å²) in [5, 5.41) is 9.38. The minimum absolute atomic E-state index is 0.0586. The van der Waals surface area contributed by atoms with Crippen molar-refractivity contribution in [3.05, 3.63) is 34.1 Å². The fourth-order valence-corrected chi connectivity index (χ4v) is 3.51. The largest absolute Gasteiger partial charge is 0.480 e. The van der Waals surface area contributed by atoms with Gasteiger partial charge in [-0.05, 0) is 64.0 Å². The Hall–Kier alpha value is -1.17. The summed E-state index contributed by atoms with van der Waals surface area (Å²) in [4.78, 5) is 14.9. The van der Waals surface area contributed by atoms with Crippen molar-refractivity contribution in [1.29, 1.82) is 0 Å². The molecule has 0 spiro atoms. The first kappa shape index (κ1) is 18.2. The monoisotopic (exact) mass is 342 g/mol. The third kappa shape index (κ3) is 5.16.